The van der Waals surface area contributed by atoms with Crippen LogP contribution in [0.25, 0.3) is 10.9 Å². The van der Waals surface area contributed by atoms with E-state index in [0.29, 0.717) is 10.6 Å². The molecular weight excluding hydrogens is 370 g/mol. The van der Waals surface area contributed by atoms with Gasteiger partial charge in [-0.25, -0.2) is 0 Å². The van der Waals surface area contributed by atoms with E-state index in [-0.39, 0.29) is 17.6 Å². The molecule has 0 atom stereocenters. The summed E-state index contributed by atoms with van der Waals surface area (Å²) in [4.78, 5) is 29.7. The minimum absolute atomic E-state index is 0.179. The third kappa shape index (κ3) is 4.53. The number of fused-ring (bicyclic) bond motifs is 1. The van der Waals surface area contributed by atoms with Gasteiger partial charge in [0.2, 0.25) is 5.91 Å². The number of hydrazine groups is 1. The molecule has 1 heterocycles. The highest BCUT2D eigenvalue weighted by atomic mass is 35.5. The number of benzene rings is 2. The average molecular weight is 386 g/mol. The molecule has 3 rings (SSSR count). The first-order chi connectivity index (χ1) is 12.5. The van der Waals surface area contributed by atoms with Crippen LogP contribution in [0.3, 0.4) is 0 Å². The number of rotatable bonds is 4. The summed E-state index contributed by atoms with van der Waals surface area (Å²) in [5.74, 6) is -0.497. The van der Waals surface area contributed by atoms with E-state index in [9.17, 15) is 9.59 Å². The molecule has 0 saturated heterocycles. The van der Waals surface area contributed by atoms with E-state index in [4.69, 9.17) is 11.6 Å². The summed E-state index contributed by atoms with van der Waals surface area (Å²) in [6.45, 7) is 1.82. The zero-order chi connectivity index (χ0) is 18.5. The number of nitrogens with one attached hydrogen (secondary N) is 2. The van der Waals surface area contributed by atoms with Crippen molar-refractivity contribution in [1.29, 1.82) is 0 Å². The predicted molar refractivity (Wildman–Crippen MR) is 104 cm³/mol. The number of halogens is 1. The number of amides is 2. The number of pyridine rings is 1. The van der Waals surface area contributed by atoms with Gasteiger partial charge in [0, 0.05) is 21.0 Å². The maximum Gasteiger partial charge on any atom is 0.270 e. The van der Waals surface area contributed by atoms with Crippen LogP contribution in [-0.4, -0.2) is 22.6 Å². The lowest BCUT2D eigenvalue weighted by Gasteiger charge is -2.10. The highest BCUT2D eigenvalue weighted by molar-refractivity contribution is 8.00. The quantitative estimate of drug-likeness (QED) is 0.530. The first kappa shape index (κ1) is 18.2. The van der Waals surface area contributed by atoms with Crippen LogP contribution in [0.2, 0.25) is 5.02 Å². The van der Waals surface area contributed by atoms with Gasteiger partial charge in [-0.15, -0.1) is 11.8 Å². The van der Waals surface area contributed by atoms with Gasteiger partial charge in [0.25, 0.3) is 5.91 Å². The number of para-hydroxylation sites is 1. The lowest BCUT2D eigenvalue weighted by atomic mass is 10.1. The lowest BCUT2D eigenvalue weighted by Crippen LogP contribution is -2.42. The molecule has 0 aliphatic carbocycles. The monoisotopic (exact) mass is 385 g/mol. The zero-order valence-electron chi connectivity index (χ0n) is 14.0. The van der Waals surface area contributed by atoms with Gasteiger partial charge in [0.05, 0.1) is 16.8 Å². The molecule has 0 aliphatic rings. The Labute approximate surface area is 160 Å². The Morgan fingerprint density at radius 2 is 1.81 bits per heavy atom. The summed E-state index contributed by atoms with van der Waals surface area (Å²) in [7, 11) is 0. The Hall–Kier alpha value is -2.57. The molecule has 0 bridgehead atoms. The van der Waals surface area contributed by atoms with E-state index in [1.54, 1.807) is 18.2 Å². The van der Waals surface area contributed by atoms with E-state index >= 15 is 0 Å². The predicted octanol–water partition coefficient (Wildman–Crippen LogP) is 3.75. The molecule has 0 fully saturated rings. The van der Waals surface area contributed by atoms with Gasteiger partial charge >= 0.3 is 0 Å². The second-order valence-corrected chi connectivity index (χ2v) is 7.06. The fourth-order valence-corrected chi connectivity index (χ4v) is 3.23. The molecule has 2 aromatic carbocycles. The number of hydrogen-bond acceptors (Lipinski definition) is 4. The molecule has 1 aromatic heterocycles. The number of thioether (sulfide) groups is 1. The second kappa shape index (κ2) is 8.21. The number of nitrogens with zero attached hydrogens (tertiary/aromatic N) is 1. The van der Waals surface area contributed by atoms with Crippen LogP contribution in [-0.2, 0) is 4.79 Å². The van der Waals surface area contributed by atoms with E-state index in [0.717, 1.165) is 21.5 Å². The highest BCUT2D eigenvalue weighted by Gasteiger charge is 2.12. The van der Waals surface area contributed by atoms with E-state index in [1.165, 1.54) is 11.8 Å². The number of aryl methyl sites for hydroxylation is 1. The number of carbonyl (C=O) groups excluding carboxylic acids is 2. The van der Waals surface area contributed by atoms with Gasteiger partial charge in [-0.1, -0.05) is 29.8 Å². The minimum atomic E-state index is -0.378. The molecule has 2 N–H and O–H groups in total. The van der Waals surface area contributed by atoms with Gasteiger partial charge in [0.1, 0.15) is 0 Å². The zero-order valence-corrected chi connectivity index (χ0v) is 15.5. The van der Waals surface area contributed by atoms with Crippen LogP contribution in [0.15, 0.2) is 59.5 Å². The van der Waals surface area contributed by atoms with Crippen LogP contribution in [0.5, 0.6) is 0 Å². The van der Waals surface area contributed by atoms with Crippen molar-refractivity contribution in [3.05, 3.63) is 70.9 Å². The normalized spacial score (nSPS) is 10.5. The summed E-state index contributed by atoms with van der Waals surface area (Å²) in [6, 6.07) is 16.3. The molecule has 0 spiro atoms. The Bertz CT molecular complexity index is 961. The largest absolute Gasteiger partial charge is 0.272 e. The van der Waals surface area contributed by atoms with Crippen molar-refractivity contribution in [2.75, 3.05) is 5.75 Å². The molecule has 0 unspecified atom stereocenters. The van der Waals surface area contributed by atoms with E-state index < -0.39 is 0 Å². The highest BCUT2D eigenvalue weighted by Crippen LogP contribution is 2.20. The fraction of sp³-hybridized carbons (Fsp3) is 0.105. The van der Waals surface area contributed by atoms with Crippen molar-refractivity contribution in [2.24, 2.45) is 0 Å². The smallest absolute Gasteiger partial charge is 0.270 e. The van der Waals surface area contributed by atoms with E-state index in [2.05, 4.69) is 15.8 Å². The standard InChI is InChI=1S/C19H16ClN3O2S/c1-12-10-16(15-4-2-3-5-17(15)21-12)19(25)23-22-18(24)11-26-14-8-6-13(20)7-9-14/h2-10H,11H2,1H3,(H,22,24)(H,23,25). The molecule has 0 aliphatic heterocycles. The summed E-state index contributed by atoms with van der Waals surface area (Å²) in [5, 5.41) is 1.38. The van der Waals surface area contributed by atoms with Crippen LogP contribution >= 0.6 is 23.4 Å². The molecule has 7 heteroatoms. The van der Waals surface area contributed by atoms with Crippen molar-refractivity contribution in [2.45, 2.75) is 11.8 Å². The second-order valence-electron chi connectivity index (χ2n) is 5.57. The molecular formula is C19H16ClN3O2S. The SMILES string of the molecule is Cc1cc(C(=O)NNC(=O)CSc2ccc(Cl)cc2)c2ccccc2n1. The Balaban J connectivity index is 1.60. The van der Waals surface area contributed by atoms with Crippen LogP contribution in [0, 0.1) is 6.92 Å². The summed E-state index contributed by atoms with van der Waals surface area (Å²) in [6.07, 6.45) is 0. The molecule has 5 nitrogen and oxygen atoms in total. The topological polar surface area (TPSA) is 71.1 Å². The Morgan fingerprint density at radius 3 is 2.58 bits per heavy atom. The lowest BCUT2D eigenvalue weighted by molar-refractivity contribution is -0.119. The van der Waals surface area contributed by atoms with Crippen molar-refractivity contribution < 1.29 is 9.59 Å². The first-order valence-corrected chi connectivity index (χ1v) is 9.23. The van der Waals surface area contributed by atoms with Crippen LogP contribution in [0.1, 0.15) is 16.1 Å². The van der Waals surface area contributed by atoms with Crippen molar-refractivity contribution in [1.82, 2.24) is 15.8 Å². The summed E-state index contributed by atoms with van der Waals surface area (Å²) < 4.78 is 0. The van der Waals surface area contributed by atoms with Gasteiger partial charge in [-0.05, 0) is 43.3 Å². The fourth-order valence-electron chi connectivity index (χ4n) is 2.41. The number of hydrogen-bond donors (Lipinski definition) is 2. The van der Waals surface area contributed by atoms with Gasteiger partial charge in [-0.3, -0.25) is 25.4 Å². The minimum Gasteiger partial charge on any atom is -0.272 e. The molecule has 26 heavy (non-hydrogen) atoms. The number of carbonyl (C=O) groups is 2. The van der Waals surface area contributed by atoms with Crippen molar-refractivity contribution in [3.63, 3.8) is 0 Å². The van der Waals surface area contributed by atoms with E-state index in [1.807, 2.05) is 43.3 Å². The van der Waals surface area contributed by atoms with Crippen molar-refractivity contribution in [3.8, 4) is 0 Å². The van der Waals surface area contributed by atoms with Gasteiger partial charge in [0.15, 0.2) is 0 Å². The number of aromatic nitrogens is 1. The molecule has 3 aromatic rings. The third-order valence-electron chi connectivity index (χ3n) is 3.59. The summed E-state index contributed by atoms with van der Waals surface area (Å²) >= 11 is 7.19. The van der Waals surface area contributed by atoms with Crippen LogP contribution < -0.4 is 10.9 Å². The molecule has 0 saturated carbocycles. The maximum atomic E-state index is 12.5. The molecule has 132 valence electrons. The van der Waals surface area contributed by atoms with Gasteiger partial charge in [-0.2, -0.15) is 0 Å². The molecule has 0 radical (unpaired) electrons. The van der Waals surface area contributed by atoms with Crippen molar-refractivity contribution >= 4 is 46.1 Å². The van der Waals surface area contributed by atoms with Crippen LogP contribution in [0.4, 0.5) is 0 Å². The average Bonchev–Trinajstić information content (AvgIpc) is 2.65. The Kier molecular flexibility index (Phi) is 5.75. The maximum absolute atomic E-state index is 12.5. The molecule has 2 amide bonds. The first-order valence-electron chi connectivity index (χ1n) is 7.87. The van der Waals surface area contributed by atoms with Gasteiger partial charge < -0.3 is 0 Å². The third-order valence-corrected chi connectivity index (χ3v) is 4.85. The summed E-state index contributed by atoms with van der Waals surface area (Å²) in [5.41, 5.74) is 6.85. The Morgan fingerprint density at radius 1 is 1.08 bits per heavy atom.